The van der Waals surface area contributed by atoms with Crippen LogP contribution >= 0.6 is 0 Å². The predicted molar refractivity (Wildman–Crippen MR) is 252 cm³/mol. The zero-order valence-corrected chi connectivity index (χ0v) is 33.1. The van der Waals surface area contributed by atoms with E-state index in [1.165, 1.54) is 66.1 Å². The lowest BCUT2D eigenvalue weighted by molar-refractivity contribution is 0.472. The molecule has 0 fully saturated rings. The molecule has 0 saturated heterocycles. The molecule has 262 valence electrons. The van der Waals surface area contributed by atoms with Crippen molar-refractivity contribution in [3.8, 4) is 50.5 Å². The van der Waals surface area contributed by atoms with E-state index in [4.69, 9.17) is 4.98 Å². The smallest absolute Gasteiger partial charge is 0.145 e. The fourth-order valence-electron chi connectivity index (χ4n) is 10.8. The Morgan fingerprint density at radius 1 is 0.482 bits per heavy atom. The van der Waals surface area contributed by atoms with Gasteiger partial charge in [-0.15, -0.1) is 0 Å². The van der Waals surface area contributed by atoms with Gasteiger partial charge in [-0.3, -0.25) is 4.57 Å². The Kier molecular flexibility index (Phi) is 7.74. The number of aromatic nitrogens is 2. The quantitative estimate of drug-likeness (QED) is 0.126. The highest BCUT2D eigenvalue weighted by Gasteiger charge is 2.56. The van der Waals surface area contributed by atoms with Gasteiger partial charge in [-0.25, -0.2) is 4.98 Å². The van der Waals surface area contributed by atoms with E-state index in [2.05, 4.69) is 221 Å². The van der Waals surface area contributed by atoms with Crippen LogP contribution in [0, 0.1) is 0 Å². The van der Waals surface area contributed by atoms with Crippen molar-refractivity contribution < 1.29 is 0 Å². The van der Waals surface area contributed by atoms with Gasteiger partial charge in [0.2, 0.25) is 0 Å². The molecular weight excluding hydrogens is 671 g/mol. The summed E-state index contributed by atoms with van der Waals surface area (Å²) in [6.07, 6.45) is 0. The van der Waals surface area contributed by atoms with Crippen molar-refractivity contribution in [2.24, 2.45) is 0 Å². The first-order valence-electron chi connectivity index (χ1n) is 19.9. The van der Waals surface area contributed by atoms with Crippen molar-refractivity contribution in [2.75, 3.05) is 0 Å². The van der Waals surface area contributed by atoms with E-state index in [0.717, 1.165) is 28.1 Å². The second-order valence-corrected chi connectivity index (χ2v) is 17.6. The van der Waals surface area contributed by atoms with Crippen LogP contribution < -0.4 is 0 Å². The molecule has 7 heteroatoms. The second kappa shape index (κ2) is 12.5. The largest absolute Gasteiger partial charge is 0.292 e. The lowest BCUT2D eigenvalue weighted by atomic mass is 9.22. The van der Waals surface area contributed by atoms with Crippen LogP contribution in [0.25, 0.3) is 83.0 Å². The van der Waals surface area contributed by atoms with E-state index in [1.807, 2.05) is 0 Å². The first-order chi connectivity index (χ1) is 27.1. The molecule has 1 unspecified atom stereocenters. The molecule has 1 atom stereocenters. The zero-order chi connectivity index (χ0) is 38.4. The van der Waals surface area contributed by atoms with Crippen molar-refractivity contribution in [2.45, 2.75) is 22.7 Å². The van der Waals surface area contributed by atoms with Crippen LogP contribution in [0.1, 0.15) is 18.1 Å². The van der Waals surface area contributed by atoms with Gasteiger partial charge in [-0.1, -0.05) is 151 Å². The number of benzene rings is 8. The zero-order valence-electron chi connectivity index (χ0n) is 33.1. The van der Waals surface area contributed by atoms with Gasteiger partial charge >= 0.3 is 0 Å². The molecule has 1 heterocycles. The summed E-state index contributed by atoms with van der Waals surface area (Å²) in [7, 11) is 12.1. The molecule has 0 N–H and O–H groups in total. The van der Waals surface area contributed by atoms with Crippen LogP contribution in [0.15, 0.2) is 170 Å². The Morgan fingerprint density at radius 3 is 1.66 bits per heavy atom. The summed E-state index contributed by atoms with van der Waals surface area (Å²) in [6.45, 7) is 2.43. The summed E-state index contributed by atoms with van der Waals surface area (Å²) in [5.41, 5.74) is 14.6. The van der Waals surface area contributed by atoms with E-state index in [-0.39, 0.29) is 15.7 Å². The lowest BCUT2D eigenvalue weighted by Crippen LogP contribution is -2.50. The highest BCUT2D eigenvalue weighted by molar-refractivity contribution is 6.62. The normalized spacial score (nSPS) is 15.3. The van der Waals surface area contributed by atoms with Crippen molar-refractivity contribution >= 4 is 71.8 Å². The molecule has 2 nitrogen and oxygen atoms in total. The van der Waals surface area contributed by atoms with E-state index < -0.39 is 0 Å². The number of rotatable bonds is 6. The van der Waals surface area contributed by atoms with Crippen molar-refractivity contribution in [3.63, 3.8) is 0 Å². The molecule has 0 spiro atoms. The van der Waals surface area contributed by atoms with Gasteiger partial charge in [0.1, 0.15) is 21.5 Å². The summed E-state index contributed by atoms with van der Waals surface area (Å²) in [5.74, 6) is 0.935. The van der Waals surface area contributed by atoms with Crippen LogP contribution in [0.2, 0.25) is 10.3 Å². The molecule has 0 amide bonds. The van der Waals surface area contributed by atoms with Gasteiger partial charge in [0.25, 0.3) is 0 Å². The first-order valence-corrected chi connectivity index (χ1v) is 19.9. The van der Waals surface area contributed by atoms with Gasteiger partial charge in [0.15, 0.2) is 0 Å². The van der Waals surface area contributed by atoms with Gasteiger partial charge in [0, 0.05) is 11.3 Å². The van der Waals surface area contributed by atoms with E-state index >= 15 is 0 Å². The monoisotopic (exact) mass is 712 g/mol. The minimum absolute atomic E-state index is 0.0364. The van der Waals surface area contributed by atoms with Crippen molar-refractivity contribution in [1.82, 2.24) is 9.55 Å². The van der Waals surface area contributed by atoms with Crippen LogP contribution in [-0.2, 0) is 5.41 Å². The standard InChI is InChI=1S/C49H41B5N2/c1-47(50,51)48(49(52,53)54)40-23-10-9-18-34(40)35-27-26-31(29-41(35)48)45-38-21-7-5-19-36(38)44(37-20-6-8-22-39(37)45)30-14-13-15-32(28-30)46-55-42-24-11-12-25-43(42)56(46)33-16-3-2-4-17-33/h2-29H,50-54H2,1H3. The van der Waals surface area contributed by atoms with Gasteiger partial charge in [0.05, 0.1) is 34.6 Å². The summed E-state index contributed by atoms with van der Waals surface area (Å²) >= 11 is 0. The lowest BCUT2D eigenvalue weighted by Gasteiger charge is -2.54. The van der Waals surface area contributed by atoms with Crippen LogP contribution in [0.3, 0.4) is 0 Å². The molecule has 8 aromatic carbocycles. The van der Waals surface area contributed by atoms with Crippen molar-refractivity contribution in [3.05, 3.63) is 181 Å². The maximum atomic E-state index is 5.22. The maximum absolute atomic E-state index is 5.22. The van der Waals surface area contributed by atoms with E-state index in [9.17, 15) is 0 Å². The number of fused-ring (bicyclic) bond motifs is 6. The molecule has 10 rings (SSSR count). The Hall–Kier alpha value is -5.93. The molecule has 56 heavy (non-hydrogen) atoms. The number of nitrogens with zero attached hydrogens (tertiary/aromatic N) is 2. The van der Waals surface area contributed by atoms with E-state index in [0.29, 0.717) is 0 Å². The third kappa shape index (κ3) is 4.93. The Labute approximate surface area is 334 Å². The highest BCUT2D eigenvalue weighted by atomic mass is 15.1. The van der Waals surface area contributed by atoms with Crippen LogP contribution in [0.5, 0.6) is 0 Å². The molecule has 0 radical (unpaired) electrons. The Morgan fingerprint density at radius 2 is 1.02 bits per heavy atom. The maximum Gasteiger partial charge on any atom is 0.145 e. The molecule has 0 bridgehead atoms. The van der Waals surface area contributed by atoms with E-state index in [1.54, 1.807) is 0 Å². The molecular formula is C49H41B5N2. The highest BCUT2D eigenvalue weighted by Crippen LogP contribution is 2.66. The summed E-state index contributed by atoms with van der Waals surface area (Å²) in [5, 5.41) is 4.94. The van der Waals surface area contributed by atoms with Gasteiger partial charge < -0.3 is 0 Å². The minimum Gasteiger partial charge on any atom is -0.292 e. The second-order valence-electron chi connectivity index (χ2n) is 17.6. The fourth-order valence-corrected chi connectivity index (χ4v) is 10.8. The topological polar surface area (TPSA) is 17.8 Å². The van der Waals surface area contributed by atoms with Crippen molar-refractivity contribution in [1.29, 1.82) is 0 Å². The summed E-state index contributed by atoms with van der Waals surface area (Å²) < 4.78 is 2.29. The molecule has 9 aromatic rings. The Bertz CT molecular complexity index is 2940. The number of hydrogen-bond donors (Lipinski definition) is 0. The minimum atomic E-state index is -0.190. The first kappa shape index (κ1) is 34.6. The summed E-state index contributed by atoms with van der Waals surface area (Å²) in [6, 6.07) is 62.5. The number of para-hydroxylation sites is 3. The average molecular weight is 712 g/mol. The third-order valence-electron chi connectivity index (χ3n) is 12.5. The molecule has 1 aliphatic rings. The Balaban J connectivity index is 1.22. The van der Waals surface area contributed by atoms with Crippen LogP contribution in [-0.4, -0.2) is 48.8 Å². The fraction of sp³-hybridized carbons (Fsp3) is 0.0816. The average Bonchev–Trinajstić information content (AvgIpc) is 3.75. The third-order valence-corrected chi connectivity index (χ3v) is 12.5. The predicted octanol–water partition coefficient (Wildman–Crippen LogP) is 7.97. The van der Waals surface area contributed by atoms with Gasteiger partial charge in [-0.05, 0) is 108 Å². The molecule has 1 aromatic heterocycles. The molecule has 1 aliphatic carbocycles. The van der Waals surface area contributed by atoms with Crippen LogP contribution in [0.4, 0.5) is 0 Å². The van der Waals surface area contributed by atoms with Gasteiger partial charge in [-0.2, -0.15) is 0 Å². The molecule has 0 aliphatic heterocycles. The number of hydrogen-bond acceptors (Lipinski definition) is 1. The molecule has 0 saturated carbocycles. The number of imidazole rings is 1. The summed E-state index contributed by atoms with van der Waals surface area (Å²) in [4.78, 5) is 5.22. The SMILES string of the molecule is BC(B)(B)C1(C(B)(B)C)c2ccccc2-c2ccc(-c3c4ccccc4c(-c4cccc(-c5nc6ccccc6n5-c5ccccc5)c4)c4ccccc34)cc21.